The molecule has 1 aliphatic rings. The first-order valence-corrected chi connectivity index (χ1v) is 13.3. The van der Waals surface area contributed by atoms with Crippen LogP contribution in [-0.2, 0) is 36.7 Å². The summed E-state index contributed by atoms with van der Waals surface area (Å²) in [7, 11) is 0. The molecule has 4 rings (SSSR count). The Balaban J connectivity index is 1.35. The highest BCUT2D eigenvalue weighted by Crippen LogP contribution is 2.18. The Kier molecular flexibility index (Phi) is 9.54. The van der Waals surface area contributed by atoms with E-state index in [-0.39, 0.29) is 55.0 Å². The minimum atomic E-state index is -0.782. The molecule has 1 aromatic heterocycles. The standard InChI is InChI=1S/C29H36N4O6/c1-19(2)17-39-28(36)18-38-22-11-13-33(14-12-22)29(37)25(15-20-7-9-21(34)10-8-20)32-27(35)16-26-30-23-5-3-4-6-24(23)31-26/h3-10,19,22,25,34H,11-18H2,1-2H3,(H,30,31)(H,32,35). The quantitative estimate of drug-likeness (QED) is 0.321. The number of imidazole rings is 1. The summed E-state index contributed by atoms with van der Waals surface area (Å²) < 4.78 is 10.9. The topological polar surface area (TPSA) is 134 Å². The highest BCUT2D eigenvalue weighted by atomic mass is 16.6. The van der Waals surface area contributed by atoms with Gasteiger partial charge in [-0.3, -0.25) is 9.59 Å². The summed E-state index contributed by atoms with van der Waals surface area (Å²) in [6, 6.07) is 13.3. The number of aromatic amines is 1. The molecule has 1 aliphatic heterocycles. The average molecular weight is 537 g/mol. The SMILES string of the molecule is CC(C)COC(=O)COC1CCN(C(=O)C(Cc2ccc(O)cc2)NC(=O)Cc2nc3ccccc3[nH]2)CC1. The lowest BCUT2D eigenvalue weighted by molar-refractivity contribution is -0.154. The second-order valence-corrected chi connectivity index (χ2v) is 10.3. The predicted octanol–water partition coefficient (Wildman–Crippen LogP) is 2.75. The number of carbonyl (C=O) groups is 3. The third-order valence-corrected chi connectivity index (χ3v) is 6.54. The average Bonchev–Trinajstić information content (AvgIpc) is 3.33. The third kappa shape index (κ3) is 8.28. The Morgan fingerprint density at radius 3 is 2.51 bits per heavy atom. The molecule has 1 atom stereocenters. The van der Waals surface area contributed by atoms with E-state index in [2.05, 4.69) is 15.3 Å². The Bertz CT molecular complexity index is 1230. The van der Waals surface area contributed by atoms with Crippen molar-refractivity contribution in [2.45, 2.75) is 51.7 Å². The van der Waals surface area contributed by atoms with Gasteiger partial charge in [0.25, 0.3) is 0 Å². The van der Waals surface area contributed by atoms with E-state index in [9.17, 15) is 19.5 Å². The zero-order valence-corrected chi connectivity index (χ0v) is 22.4. The van der Waals surface area contributed by atoms with Crippen molar-refractivity contribution in [3.05, 3.63) is 59.9 Å². The number of carbonyl (C=O) groups excluding carboxylic acids is 3. The number of hydrogen-bond donors (Lipinski definition) is 3. The number of aromatic nitrogens is 2. The van der Waals surface area contributed by atoms with Crippen molar-refractivity contribution in [1.82, 2.24) is 20.2 Å². The molecular formula is C29H36N4O6. The summed E-state index contributed by atoms with van der Waals surface area (Å²) in [5.74, 6) is 0.0283. The molecule has 39 heavy (non-hydrogen) atoms. The van der Waals surface area contributed by atoms with Crippen LogP contribution in [0.3, 0.4) is 0 Å². The minimum absolute atomic E-state index is 0.0108. The molecule has 10 heteroatoms. The molecule has 1 saturated heterocycles. The Morgan fingerprint density at radius 1 is 1.10 bits per heavy atom. The summed E-state index contributed by atoms with van der Waals surface area (Å²) in [5, 5.41) is 12.5. The summed E-state index contributed by atoms with van der Waals surface area (Å²) >= 11 is 0. The van der Waals surface area contributed by atoms with Crippen LogP contribution in [0.15, 0.2) is 48.5 Å². The number of nitrogens with zero attached hydrogens (tertiary/aromatic N) is 2. The van der Waals surface area contributed by atoms with Crippen molar-refractivity contribution in [3.8, 4) is 5.75 Å². The number of aromatic hydroxyl groups is 1. The van der Waals surface area contributed by atoms with E-state index in [1.165, 1.54) is 0 Å². The van der Waals surface area contributed by atoms with Gasteiger partial charge < -0.3 is 29.8 Å². The number of ether oxygens (including phenoxy) is 2. The summed E-state index contributed by atoms with van der Waals surface area (Å²) in [6.45, 7) is 5.10. The van der Waals surface area contributed by atoms with E-state index in [1.807, 2.05) is 38.1 Å². The van der Waals surface area contributed by atoms with E-state index in [4.69, 9.17) is 9.47 Å². The molecule has 3 N–H and O–H groups in total. The molecule has 3 aromatic rings. The molecule has 2 amide bonds. The van der Waals surface area contributed by atoms with Gasteiger partial charge in [0, 0.05) is 19.5 Å². The number of esters is 1. The zero-order valence-electron chi connectivity index (χ0n) is 22.4. The van der Waals surface area contributed by atoms with Gasteiger partial charge in [0.05, 0.1) is 30.2 Å². The number of likely N-dealkylation sites (tertiary alicyclic amines) is 1. The molecule has 1 unspecified atom stereocenters. The van der Waals surface area contributed by atoms with Gasteiger partial charge in [-0.1, -0.05) is 38.1 Å². The largest absolute Gasteiger partial charge is 0.508 e. The van der Waals surface area contributed by atoms with Crippen LogP contribution in [0.2, 0.25) is 0 Å². The second kappa shape index (κ2) is 13.2. The number of phenolic OH excluding ortho intramolecular Hbond substituents is 1. The molecule has 0 aliphatic carbocycles. The van der Waals surface area contributed by atoms with E-state index in [0.29, 0.717) is 38.4 Å². The fraction of sp³-hybridized carbons (Fsp3) is 0.448. The first-order chi connectivity index (χ1) is 18.8. The van der Waals surface area contributed by atoms with Crippen molar-refractivity contribution in [1.29, 1.82) is 0 Å². The lowest BCUT2D eigenvalue weighted by atomic mass is 10.0. The van der Waals surface area contributed by atoms with Crippen LogP contribution in [0.5, 0.6) is 5.75 Å². The maximum absolute atomic E-state index is 13.5. The minimum Gasteiger partial charge on any atom is -0.508 e. The van der Waals surface area contributed by atoms with Gasteiger partial charge >= 0.3 is 5.97 Å². The van der Waals surface area contributed by atoms with Gasteiger partial charge in [0.2, 0.25) is 11.8 Å². The summed E-state index contributed by atoms with van der Waals surface area (Å²) in [5.41, 5.74) is 2.43. The monoisotopic (exact) mass is 536 g/mol. The highest BCUT2D eigenvalue weighted by molar-refractivity contribution is 5.89. The number of benzene rings is 2. The van der Waals surface area contributed by atoms with E-state index in [0.717, 1.165) is 16.6 Å². The number of rotatable bonds is 11. The fourth-order valence-electron chi connectivity index (χ4n) is 4.51. The summed E-state index contributed by atoms with van der Waals surface area (Å²) in [4.78, 5) is 47.7. The van der Waals surface area contributed by atoms with Crippen LogP contribution in [0.4, 0.5) is 0 Å². The Hall–Kier alpha value is -3.92. The molecule has 2 heterocycles. The number of phenols is 1. The highest BCUT2D eigenvalue weighted by Gasteiger charge is 2.30. The number of amides is 2. The summed E-state index contributed by atoms with van der Waals surface area (Å²) in [6.07, 6.45) is 1.32. The van der Waals surface area contributed by atoms with E-state index in [1.54, 1.807) is 29.2 Å². The number of fused-ring (bicyclic) bond motifs is 1. The molecule has 10 nitrogen and oxygen atoms in total. The van der Waals surface area contributed by atoms with Crippen LogP contribution in [-0.4, -0.2) is 76.2 Å². The molecule has 0 radical (unpaired) electrons. The van der Waals surface area contributed by atoms with Crippen molar-refractivity contribution >= 4 is 28.8 Å². The van der Waals surface area contributed by atoms with Crippen molar-refractivity contribution < 1.29 is 29.0 Å². The predicted molar refractivity (Wildman–Crippen MR) is 145 cm³/mol. The number of hydrogen-bond acceptors (Lipinski definition) is 7. The van der Waals surface area contributed by atoms with Gasteiger partial charge in [-0.25, -0.2) is 9.78 Å². The van der Waals surface area contributed by atoms with Gasteiger partial charge in [-0.2, -0.15) is 0 Å². The Morgan fingerprint density at radius 2 is 1.82 bits per heavy atom. The normalized spacial score (nSPS) is 14.9. The zero-order chi connectivity index (χ0) is 27.8. The van der Waals surface area contributed by atoms with Gasteiger partial charge in [0.1, 0.15) is 24.2 Å². The van der Waals surface area contributed by atoms with Crippen molar-refractivity contribution in [2.24, 2.45) is 5.92 Å². The van der Waals surface area contributed by atoms with Crippen LogP contribution in [0, 0.1) is 5.92 Å². The molecule has 0 saturated carbocycles. The van der Waals surface area contributed by atoms with Crippen LogP contribution in [0.1, 0.15) is 38.1 Å². The molecule has 2 aromatic carbocycles. The fourth-order valence-corrected chi connectivity index (χ4v) is 4.51. The maximum Gasteiger partial charge on any atom is 0.332 e. The number of H-pyrrole nitrogens is 1. The van der Waals surface area contributed by atoms with E-state index >= 15 is 0 Å². The molecule has 1 fully saturated rings. The molecule has 208 valence electrons. The second-order valence-electron chi connectivity index (χ2n) is 10.3. The van der Waals surface area contributed by atoms with Gasteiger partial charge in [-0.05, 0) is 48.6 Å². The number of nitrogens with one attached hydrogen (secondary N) is 2. The van der Waals surface area contributed by atoms with Gasteiger partial charge in [0.15, 0.2) is 0 Å². The van der Waals surface area contributed by atoms with Crippen molar-refractivity contribution in [3.63, 3.8) is 0 Å². The van der Waals surface area contributed by atoms with Crippen LogP contribution in [0.25, 0.3) is 11.0 Å². The molecular weight excluding hydrogens is 500 g/mol. The maximum atomic E-state index is 13.5. The smallest absolute Gasteiger partial charge is 0.332 e. The number of para-hydroxylation sites is 2. The van der Waals surface area contributed by atoms with Gasteiger partial charge in [-0.15, -0.1) is 0 Å². The first kappa shape index (κ1) is 28.1. The third-order valence-electron chi connectivity index (χ3n) is 6.54. The van der Waals surface area contributed by atoms with E-state index < -0.39 is 6.04 Å². The van der Waals surface area contributed by atoms with Crippen LogP contribution < -0.4 is 5.32 Å². The number of piperidine rings is 1. The lowest BCUT2D eigenvalue weighted by Gasteiger charge is -2.34. The Labute approximate surface area is 227 Å². The molecule has 0 bridgehead atoms. The van der Waals surface area contributed by atoms with Crippen LogP contribution >= 0.6 is 0 Å². The molecule has 0 spiro atoms. The van der Waals surface area contributed by atoms with Crippen molar-refractivity contribution in [2.75, 3.05) is 26.3 Å². The first-order valence-electron chi connectivity index (χ1n) is 13.3. The lowest BCUT2D eigenvalue weighted by Crippen LogP contribution is -2.52.